The van der Waals surface area contributed by atoms with Crippen molar-refractivity contribution in [1.29, 1.82) is 0 Å². The van der Waals surface area contributed by atoms with Crippen molar-refractivity contribution in [3.63, 3.8) is 0 Å². The predicted molar refractivity (Wildman–Crippen MR) is 65.6 cm³/mol. The molecule has 0 saturated heterocycles. The van der Waals surface area contributed by atoms with E-state index in [9.17, 15) is 0 Å². The summed E-state index contributed by atoms with van der Waals surface area (Å²) in [4.78, 5) is 0. The molecule has 0 aliphatic heterocycles. The number of rotatable bonds is 5. The van der Waals surface area contributed by atoms with E-state index in [0.29, 0.717) is 12.5 Å². The van der Waals surface area contributed by atoms with Gasteiger partial charge in [-0.15, -0.1) is 0 Å². The summed E-state index contributed by atoms with van der Waals surface area (Å²) in [6.07, 6.45) is 2.33. The van der Waals surface area contributed by atoms with E-state index in [1.165, 1.54) is 17.5 Å². The highest BCUT2D eigenvalue weighted by molar-refractivity contribution is 5.25. The molecule has 0 radical (unpaired) electrons. The molecule has 2 heteroatoms. The van der Waals surface area contributed by atoms with Crippen molar-refractivity contribution >= 4 is 0 Å². The molecule has 15 heavy (non-hydrogen) atoms. The standard InChI is InChI=1S/C13H22N2/c1-3-4-11-5-7-12(8-6-11)13(15)10(2)9-14/h5-8,10,13H,3-4,9,14-15H2,1-2H3. The van der Waals surface area contributed by atoms with Gasteiger partial charge in [-0.25, -0.2) is 0 Å². The van der Waals surface area contributed by atoms with Gasteiger partial charge in [0.05, 0.1) is 0 Å². The van der Waals surface area contributed by atoms with Crippen LogP contribution in [0.5, 0.6) is 0 Å². The third-order valence-corrected chi connectivity index (χ3v) is 2.89. The average Bonchev–Trinajstić information content (AvgIpc) is 2.28. The van der Waals surface area contributed by atoms with Gasteiger partial charge in [0.15, 0.2) is 0 Å². The van der Waals surface area contributed by atoms with Crippen LogP contribution in [-0.2, 0) is 6.42 Å². The predicted octanol–water partition coefficient (Wildman–Crippen LogP) is 2.23. The van der Waals surface area contributed by atoms with Crippen LogP contribution in [0.1, 0.15) is 37.4 Å². The van der Waals surface area contributed by atoms with Crippen molar-refractivity contribution in [3.8, 4) is 0 Å². The third-order valence-electron chi connectivity index (χ3n) is 2.89. The van der Waals surface area contributed by atoms with Gasteiger partial charge in [-0.3, -0.25) is 0 Å². The zero-order valence-corrected chi connectivity index (χ0v) is 9.74. The number of nitrogens with two attached hydrogens (primary N) is 2. The minimum Gasteiger partial charge on any atom is -0.330 e. The van der Waals surface area contributed by atoms with E-state index in [1.54, 1.807) is 0 Å². The summed E-state index contributed by atoms with van der Waals surface area (Å²) in [5.74, 6) is 0.335. The molecule has 0 spiro atoms. The Labute approximate surface area is 92.7 Å². The Hall–Kier alpha value is -0.860. The third kappa shape index (κ3) is 3.33. The number of benzene rings is 1. The van der Waals surface area contributed by atoms with E-state index < -0.39 is 0 Å². The smallest absolute Gasteiger partial charge is 0.0332 e. The van der Waals surface area contributed by atoms with Crippen LogP contribution in [0.2, 0.25) is 0 Å². The molecule has 2 unspecified atom stereocenters. The van der Waals surface area contributed by atoms with E-state index in [-0.39, 0.29) is 6.04 Å². The maximum atomic E-state index is 6.09. The minimum absolute atomic E-state index is 0.0608. The molecular formula is C13H22N2. The second kappa shape index (κ2) is 5.89. The van der Waals surface area contributed by atoms with Gasteiger partial charge in [0, 0.05) is 6.04 Å². The van der Waals surface area contributed by atoms with Crippen molar-refractivity contribution in [2.45, 2.75) is 32.7 Å². The quantitative estimate of drug-likeness (QED) is 0.776. The van der Waals surface area contributed by atoms with E-state index >= 15 is 0 Å². The lowest BCUT2D eigenvalue weighted by molar-refractivity contribution is 0.481. The molecular weight excluding hydrogens is 184 g/mol. The minimum atomic E-state index is 0.0608. The molecule has 0 amide bonds. The topological polar surface area (TPSA) is 52.0 Å². The Morgan fingerprint density at radius 1 is 1.20 bits per heavy atom. The van der Waals surface area contributed by atoms with Crippen LogP contribution < -0.4 is 11.5 Å². The van der Waals surface area contributed by atoms with Gasteiger partial charge in [-0.1, -0.05) is 44.5 Å². The molecule has 1 aromatic carbocycles. The Morgan fingerprint density at radius 3 is 2.27 bits per heavy atom. The van der Waals surface area contributed by atoms with Crippen molar-refractivity contribution in [2.24, 2.45) is 17.4 Å². The largest absolute Gasteiger partial charge is 0.330 e. The van der Waals surface area contributed by atoms with Crippen molar-refractivity contribution in [1.82, 2.24) is 0 Å². The van der Waals surface area contributed by atoms with E-state index in [4.69, 9.17) is 11.5 Å². The first-order chi connectivity index (χ1) is 7.19. The van der Waals surface area contributed by atoms with E-state index in [0.717, 1.165) is 6.42 Å². The average molecular weight is 206 g/mol. The highest BCUT2D eigenvalue weighted by atomic mass is 14.7. The summed E-state index contributed by atoms with van der Waals surface area (Å²) in [7, 11) is 0. The molecule has 1 aromatic rings. The van der Waals surface area contributed by atoms with Gasteiger partial charge in [0.1, 0.15) is 0 Å². The summed E-state index contributed by atoms with van der Waals surface area (Å²) < 4.78 is 0. The van der Waals surface area contributed by atoms with Crippen molar-refractivity contribution in [3.05, 3.63) is 35.4 Å². The van der Waals surface area contributed by atoms with Crippen LogP contribution in [0.3, 0.4) is 0 Å². The van der Waals surface area contributed by atoms with Crippen molar-refractivity contribution < 1.29 is 0 Å². The molecule has 2 nitrogen and oxygen atoms in total. The highest BCUT2D eigenvalue weighted by Crippen LogP contribution is 2.19. The van der Waals surface area contributed by atoms with Gasteiger partial charge in [-0.05, 0) is 30.0 Å². The number of aryl methyl sites for hydroxylation is 1. The van der Waals surface area contributed by atoms with Crippen LogP contribution in [0.25, 0.3) is 0 Å². The van der Waals surface area contributed by atoms with Crippen LogP contribution in [-0.4, -0.2) is 6.54 Å². The molecule has 0 fully saturated rings. The fraction of sp³-hybridized carbons (Fsp3) is 0.538. The molecule has 2 atom stereocenters. The Balaban J connectivity index is 2.70. The first-order valence-electron chi connectivity index (χ1n) is 5.73. The first kappa shape index (κ1) is 12.2. The zero-order chi connectivity index (χ0) is 11.3. The van der Waals surface area contributed by atoms with Gasteiger partial charge in [0.25, 0.3) is 0 Å². The highest BCUT2D eigenvalue weighted by Gasteiger charge is 2.12. The van der Waals surface area contributed by atoms with Crippen LogP contribution in [0.4, 0.5) is 0 Å². The Morgan fingerprint density at radius 2 is 1.80 bits per heavy atom. The second-order valence-electron chi connectivity index (χ2n) is 4.23. The summed E-state index contributed by atoms with van der Waals surface area (Å²) in [5, 5.41) is 0. The van der Waals surface area contributed by atoms with Crippen LogP contribution in [0, 0.1) is 5.92 Å². The van der Waals surface area contributed by atoms with Crippen molar-refractivity contribution in [2.75, 3.05) is 6.54 Å². The number of hydrogen-bond donors (Lipinski definition) is 2. The molecule has 4 N–H and O–H groups in total. The Kier molecular flexibility index (Phi) is 4.79. The van der Waals surface area contributed by atoms with Gasteiger partial charge in [0.2, 0.25) is 0 Å². The zero-order valence-electron chi connectivity index (χ0n) is 9.74. The lowest BCUT2D eigenvalue weighted by Crippen LogP contribution is -2.25. The summed E-state index contributed by atoms with van der Waals surface area (Å²) in [5.41, 5.74) is 14.3. The molecule has 84 valence electrons. The lowest BCUT2D eigenvalue weighted by atomic mass is 9.94. The molecule has 0 saturated carbocycles. The maximum Gasteiger partial charge on any atom is 0.0332 e. The van der Waals surface area contributed by atoms with Crippen LogP contribution >= 0.6 is 0 Å². The summed E-state index contributed by atoms with van der Waals surface area (Å²) in [6, 6.07) is 8.65. The molecule has 0 aliphatic rings. The monoisotopic (exact) mass is 206 g/mol. The van der Waals surface area contributed by atoms with E-state index in [1.807, 2.05) is 0 Å². The summed E-state index contributed by atoms with van der Waals surface area (Å²) >= 11 is 0. The second-order valence-corrected chi connectivity index (χ2v) is 4.23. The molecule has 0 aliphatic carbocycles. The van der Waals surface area contributed by atoms with Crippen LogP contribution in [0.15, 0.2) is 24.3 Å². The molecule has 0 heterocycles. The molecule has 1 rings (SSSR count). The SMILES string of the molecule is CCCc1ccc(C(N)C(C)CN)cc1. The van der Waals surface area contributed by atoms with Gasteiger partial charge in [-0.2, -0.15) is 0 Å². The normalized spacial score (nSPS) is 14.9. The first-order valence-corrected chi connectivity index (χ1v) is 5.73. The van der Waals surface area contributed by atoms with Gasteiger partial charge >= 0.3 is 0 Å². The van der Waals surface area contributed by atoms with Gasteiger partial charge < -0.3 is 11.5 Å². The number of hydrogen-bond acceptors (Lipinski definition) is 2. The maximum absolute atomic E-state index is 6.09. The molecule has 0 aromatic heterocycles. The summed E-state index contributed by atoms with van der Waals surface area (Å²) in [6.45, 7) is 4.92. The lowest BCUT2D eigenvalue weighted by Gasteiger charge is -2.18. The van der Waals surface area contributed by atoms with E-state index in [2.05, 4.69) is 38.1 Å². The fourth-order valence-corrected chi connectivity index (χ4v) is 1.67. The Bertz CT molecular complexity index is 279. The fourth-order valence-electron chi connectivity index (χ4n) is 1.67. The molecule has 0 bridgehead atoms.